The first-order chi connectivity index (χ1) is 46.1. The van der Waals surface area contributed by atoms with Crippen LogP contribution in [-0.2, 0) is 43.6 Å². The second-order valence-corrected chi connectivity index (χ2v) is 23.7. The number of nitrogens with zero attached hydrogens (tertiary/aromatic N) is 4. The van der Waals surface area contributed by atoms with Crippen molar-refractivity contribution in [3.8, 4) is 63.7 Å². The minimum Gasteiger partial charge on any atom is -0.507 e. The molecule has 0 spiro atoms. The van der Waals surface area contributed by atoms with Gasteiger partial charge in [0.2, 0.25) is 5.09 Å². The predicted molar refractivity (Wildman–Crippen MR) is 349 cm³/mol. The molecule has 0 saturated carbocycles. The van der Waals surface area contributed by atoms with Gasteiger partial charge in [0.15, 0.2) is 28.8 Å². The van der Waals surface area contributed by atoms with E-state index in [-0.39, 0.29) is 41.1 Å². The Balaban J connectivity index is 0.000000121. The van der Waals surface area contributed by atoms with Crippen molar-refractivity contribution in [3.63, 3.8) is 0 Å². The third-order valence-corrected chi connectivity index (χ3v) is 16.5. The van der Waals surface area contributed by atoms with Gasteiger partial charge in [0.25, 0.3) is 33.6 Å². The van der Waals surface area contributed by atoms with Crippen molar-refractivity contribution in [1.82, 2.24) is 24.6 Å². The highest BCUT2D eigenvalue weighted by Gasteiger charge is 2.27. The Bertz CT molecular complexity index is 4880. The van der Waals surface area contributed by atoms with Crippen molar-refractivity contribution in [2.24, 2.45) is 0 Å². The first-order valence-corrected chi connectivity index (χ1v) is 32.0. The lowest BCUT2D eigenvalue weighted by Crippen LogP contribution is -2.28. The molecule has 15 rings (SSSR count). The summed E-state index contributed by atoms with van der Waals surface area (Å²) in [4.78, 5) is 35.6. The SMILES string of the molecule is CCC(=O)CNC(=O)c1cc2c(OC)cccc2o1.CCc1cnc(-c2cc3c(O)cccc3o2)o1.CCc1cnc(-c2cc3c(OC)cccc3o2)o1.CCc1cnc(-c2cc3c(OC[C@@H]4CO4)cccc3o2)o1.CN(C)S(=O)(=O)c1cc2c(OC[C@@H]3CO3)cccc2o1. The van der Waals surface area contributed by atoms with Crippen LogP contribution < -0.4 is 24.3 Å². The van der Waals surface area contributed by atoms with E-state index in [4.69, 9.17) is 63.8 Å². The van der Waals surface area contributed by atoms with Crippen molar-refractivity contribution in [2.75, 3.05) is 61.3 Å². The zero-order valence-electron chi connectivity index (χ0n) is 53.3. The first-order valence-electron chi connectivity index (χ1n) is 30.5. The summed E-state index contributed by atoms with van der Waals surface area (Å²) in [7, 11) is 2.53. The van der Waals surface area contributed by atoms with E-state index in [1.165, 1.54) is 20.2 Å². The molecule has 2 N–H and O–H groups in total. The molecule has 5 aromatic carbocycles. The number of hydrogen-bond donors (Lipinski definition) is 2. The van der Waals surface area contributed by atoms with Gasteiger partial charge in [0.1, 0.15) is 99.4 Å². The summed E-state index contributed by atoms with van der Waals surface area (Å²) >= 11 is 0. The van der Waals surface area contributed by atoms with Gasteiger partial charge < -0.3 is 74.2 Å². The Kier molecular flexibility index (Phi) is 20.5. The maximum atomic E-state index is 12.1. The summed E-state index contributed by atoms with van der Waals surface area (Å²) in [6, 6.07) is 35.8. The Labute approximate surface area is 544 Å². The Morgan fingerprint density at radius 3 is 1.33 bits per heavy atom. The predicted octanol–water partition coefficient (Wildman–Crippen LogP) is 14.1. The summed E-state index contributed by atoms with van der Waals surface area (Å²) in [5.41, 5.74) is 3.21. The van der Waals surface area contributed by atoms with E-state index in [1.54, 1.807) is 106 Å². The van der Waals surface area contributed by atoms with Gasteiger partial charge in [-0.3, -0.25) is 9.59 Å². The number of amides is 1. The van der Waals surface area contributed by atoms with Crippen LogP contribution in [0.5, 0.6) is 28.7 Å². The van der Waals surface area contributed by atoms with Crippen LogP contribution >= 0.6 is 0 Å². The minimum absolute atomic E-state index is 0.0174. The summed E-state index contributed by atoms with van der Waals surface area (Å²) in [6.07, 6.45) is 8.31. The molecule has 10 heterocycles. The highest BCUT2D eigenvalue weighted by Crippen LogP contribution is 2.37. The lowest BCUT2D eigenvalue weighted by Gasteiger charge is -2.07. The number of aromatic hydroxyl groups is 1. The number of oxazole rings is 3. The third kappa shape index (κ3) is 15.7. The Morgan fingerprint density at radius 2 is 0.916 bits per heavy atom. The Morgan fingerprint density at radius 1 is 0.526 bits per heavy atom. The van der Waals surface area contributed by atoms with E-state index < -0.39 is 15.9 Å². The number of Topliss-reactive ketones (excluding diaryl/α,β-unsaturated/α-hetero) is 1. The maximum absolute atomic E-state index is 12.1. The molecule has 2 saturated heterocycles. The number of benzene rings is 5. The molecular formula is C70H69N5O19S. The molecule has 0 aliphatic carbocycles. The molecule has 494 valence electrons. The number of nitrogens with one attached hydrogen (secondary N) is 1. The van der Waals surface area contributed by atoms with Crippen LogP contribution in [0.1, 0.15) is 62.0 Å². The van der Waals surface area contributed by atoms with Gasteiger partial charge in [-0.15, -0.1) is 0 Å². The van der Waals surface area contributed by atoms with Gasteiger partial charge in [-0.1, -0.05) is 58.0 Å². The molecule has 13 aromatic rings. The van der Waals surface area contributed by atoms with Gasteiger partial charge in [0, 0.05) is 70.1 Å². The number of methoxy groups -OCH3 is 2. The molecule has 8 aromatic heterocycles. The van der Waals surface area contributed by atoms with Crippen molar-refractivity contribution in [2.45, 2.75) is 70.7 Å². The number of sulfonamides is 1. The first kappa shape index (κ1) is 65.9. The zero-order chi connectivity index (χ0) is 66.8. The van der Waals surface area contributed by atoms with Crippen LogP contribution in [0.15, 0.2) is 180 Å². The molecule has 0 unspecified atom stereocenters. The van der Waals surface area contributed by atoms with Crippen LogP contribution in [0.3, 0.4) is 0 Å². The number of carbonyl (C=O) groups excluding carboxylic acids is 2. The summed E-state index contributed by atoms with van der Waals surface area (Å²) < 4.78 is 102. The number of epoxide rings is 2. The molecule has 24 nitrogen and oxygen atoms in total. The van der Waals surface area contributed by atoms with Crippen LogP contribution in [0, 0.1) is 0 Å². The molecule has 0 bridgehead atoms. The van der Waals surface area contributed by atoms with Gasteiger partial charge in [-0.05, 0) is 60.7 Å². The lowest BCUT2D eigenvalue weighted by molar-refractivity contribution is -0.117. The van der Waals surface area contributed by atoms with Crippen molar-refractivity contribution < 1.29 is 86.9 Å². The largest absolute Gasteiger partial charge is 0.507 e. The van der Waals surface area contributed by atoms with Gasteiger partial charge in [-0.2, -0.15) is 0 Å². The minimum atomic E-state index is -3.59. The van der Waals surface area contributed by atoms with Crippen LogP contribution in [0.4, 0.5) is 0 Å². The second-order valence-electron chi connectivity index (χ2n) is 21.6. The number of phenolic OH excluding ortho intramolecular Hbond substituents is 1. The summed E-state index contributed by atoms with van der Waals surface area (Å²) in [5.74, 6) is 8.46. The number of furan rings is 5. The molecule has 1 amide bonds. The van der Waals surface area contributed by atoms with Crippen molar-refractivity contribution in [3.05, 3.63) is 163 Å². The number of rotatable bonds is 20. The molecule has 2 aliphatic rings. The Hall–Kier alpha value is -10.6. The fourth-order valence-corrected chi connectivity index (χ4v) is 10.2. The van der Waals surface area contributed by atoms with E-state index in [0.717, 1.165) is 86.3 Å². The van der Waals surface area contributed by atoms with Gasteiger partial charge in [-0.25, -0.2) is 27.7 Å². The molecular weight excluding hydrogens is 1250 g/mol. The van der Waals surface area contributed by atoms with E-state index >= 15 is 0 Å². The highest BCUT2D eigenvalue weighted by atomic mass is 32.2. The smallest absolute Gasteiger partial charge is 0.287 e. The van der Waals surface area contributed by atoms with Gasteiger partial charge >= 0.3 is 0 Å². The monoisotopic (exact) mass is 1320 g/mol. The fourth-order valence-electron chi connectivity index (χ4n) is 9.34. The quantitative estimate of drug-likeness (QED) is 0.0670. The molecule has 0 radical (unpaired) electrons. The fraction of sp³-hybridized carbons (Fsp3) is 0.271. The zero-order valence-corrected chi connectivity index (χ0v) is 54.1. The van der Waals surface area contributed by atoms with Crippen LogP contribution in [-0.4, -0.2) is 118 Å². The highest BCUT2D eigenvalue weighted by molar-refractivity contribution is 7.89. The summed E-state index contributed by atoms with van der Waals surface area (Å²) in [5, 5.41) is 16.0. The number of aromatic nitrogens is 3. The molecule has 2 fully saturated rings. The number of hydrogen-bond acceptors (Lipinski definition) is 22. The number of carbonyl (C=O) groups is 2. The molecule has 95 heavy (non-hydrogen) atoms. The second kappa shape index (κ2) is 29.6. The molecule has 2 aliphatic heterocycles. The number of aryl methyl sites for hydroxylation is 3. The van der Waals surface area contributed by atoms with Crippen LogP contribution in [0.2, 0.25) is 0 Å². The number of fused-ring (bicyclic) bond motifs is 5. The average molecular weight is 1320 g/mol. The maximum Gasteiger partial charge on any atom is 0.287 e. The van der Waals surface area contributed by atoms with E-state index in [2.05, 4.69) is 20.3 Å². The summed E-state index contributed by atoms with van der Waals surface area (Å²) in [6.45, 7) is 10.3. The van der Waals surface area contributed by atoms with Gasteiger partial charge in [0.05, 0.1) is 79.5 Å². The number of ether oxygens (including phenoxy) is 6. The molecule has 25 heteroatoms. The normalized spacial score (nSPS) is 13.9. The number of phenols is 1. The number of ketones is 1. The average Bonchev–Trinajstić information content (AvgIpc) is 1.68. The van der Waals surface area contributed by atoms with E-state index in [0.29, 0.717) is 100 Å². The van der Waals surface area contributed by atoms with E-state index in [9.17, 15) is 23.1 Å². The molecule has 2 atom stereocenters. The standard InChI is InChI=1S/C16H15NO4.C14H15NO4.C14H13NO3.C13H15NO5S.C13H11NO3/c1-2-10-7-17-16(20-10)15-6-12-13(19-9-11-8-18-11)4-3-5-14(12)21-15;1-3-9(16)8-15-14(17)13-7-10-11(18-2)5-4-6-12(10)19-13;1-3-9-8-15-14(17-9)13-7-10-11(16-2)5-4-6-12(10)18-13;1-14(2)20(15,16)13-6-10-11(18-8-9-7-17-9)4-3-5-12(10)19-13;1-2-8-7-14-13(16-8)12-6-9-10(15)4-3-5-11(9)17-12/h3-7,11H,2,8-9H2,1H3;4-7H,3,8H2,1-2H3,(H,15,17);4-8H,3H2,1-2H3;3-6,9H,7-8H2,1-2H3;3-7,15H,2H2,1H3/t11-;;;9-;/m0..0./s1. The van der Waals surface area contributed by atoms with E-state index in [1.807, 2.05) is 69.3 Å². The third-order valence-electron chi connectivity index (χ3n) is 14.8. The lowest BCUT2D eigenvalue weighted by atomic mass is 10.2. The van der Waals surface area contributed by atoms with Crippen molar-refractivity contribution in [1.29, 1.82) is 0 Å². The van der Waals surface area contributed by atoms with Crippen molar-refractivity contribution >= 4 is 76.6 Å². The topological polar surface area (TPSA) is 310 Å². The van der Waals surface area contributed by atoms with Crippen LogP contribution in [0.25, 0.3) is 89.8 Å².